The summed E-state index contributed by atoms with van der Waals surface area (Å²) >= 11 is 0. The first kappa shape index (κ1) is 10.4. The van der Waals surface area contributed by atoms with Crippen LogP contribution in [0.4, 0.5) is 0 Å². The second-order valence-corrected chi connectivity index (χ2v) is 4.70. The van der Waals surface area contributed by atoms with Crippen molar-refractivity contribution in [2.75, 3.05) is 0 Å². The lowest BCUT2D eigenvalue weighted by atomic mass is 9.71. The highest BCUT2D eigenvalue weighted by molar-refractivity contribution is 5.23. The Morgan fingerprint density at radius 1 is 1.46 bits per heavy atom. The predicted octanol–water partition coefficient (Wildman–Crippen LogP) is 3.93. The molecule has 0 aliphatic heterocycles. The molecule has 0 amide bonds. The molecule has 13 heavy (non-hydrogen) atoms. The highest BCUT2D eigenvalue weighted by Crippen LogP contribution is 2.41. The van der Waals surface area contributed by atoms with Gasteiger partial charge in [-0.3, -0.25) is 0 Å². The Morgan fingerprint density at radius 3 is 2.69 bits per heavy atom. The van der Waals surface area contributed by atoms with Crippen LogP contribution in [0.15, 0.2) is 11.1 Å². The van der Waals surface area contributed by atoms with E-state index in [1.165, 1.54) is 19.3 Å². The van der Waals surface area contributed by atoms with Crippen molar-refractivity contribution in [2.24, 2.45) is 5.41 Å². The van der Waals surface area contributed by atoms with Crippen molar-refractivity contribution in [3.63, 3.8) is 0 Å². The maximum atomic E-state index is 5.31. The topological polar surface area (TPSA) is 0 Å². The van der Waals surface area contributed by atoms with Gasteiger partial charge in [0.1, 0.15) is 0 Å². The Balaban J connectivity index is 2.80. The van der Waals surface area contributed by atoms with Gasteiger partial charge in [0.25, 0.3) is 0 Å². The fourth-order valence-electron chi connectivity index (χ4n) is 2.42. The summed E-state index contributed by atoms with van der Waals surface area (Å²) in [5.41, 5.74) is 3.61. The van der Waals surface area contributed by atoms with Gasteiger partial charge in [0.05, 0.1) is 0 Å². The summed E-state index contributed by atoms with van der Waals surface area (Å²) < 4.78 is 0. The van der Waals surface area contributed by atoms with E-state index >= 15 is 0 Å². The Bertz CT molecular complexity index is 248. The molecule has 0 fully saturated rings. The van der Waals surface area contributed by atoms with E-state index in [0.717, 1.165) is 12.8 Å². The summed E-state index contributed by atoms with van der Waals surface area (Å²) in [4.78, 5) is 0. The van der Waals surface area contributed by atoms with Crippen LogP contribution in [0.25, 0.3) is 0 Å². The zero-order valence-electron chi connectivity index (χ0n) is 9.11. The lowest BCUT2D eigenvalue weighted by molar-refractivity contribution is 0.355. The van der Waals surface area contributed by atoms with Crippen molar-refractivity contribution in [1.82, 2.24) is 0 Å². The minimum atomic E-state index is 0.402. The molecule has 0 heterocycles. The zero-order chi connectivity index (χ0) is 9.90. The molecule has 0 aromatic carbocycles. The van der Waals surface area contributed by atoms with Crippen LogP contribution in [0, 0.1) is 17.8 Å². The van der Waals surface area contributed by atoms with Gasteiger partial charge in [-0.1, -0.05) is 25.0 Å². The minimum Gasteiger partial charge on any atom is -0.120 e. The molecule has 0 spiro atoms. The second kappa shape index (κ2) is 4.01. The average molecular weight is 176 g/mol. The maximum absolute atomic E-state index is 5.31. The molecule has 72 valence electrons. The van der Waals surface area contributed by atoms with Gasteiger partial charge in [-0.05, 0) is 38.0 Å². The SMILES string of the molecule is C#CCCC1=C(C)CCCC1(C)C. The molecule has 1 rings (SSSR count). The fraction of sp³-hybridized carbons (Fsp3) is 0.692. The summed E-state index contributed by atoms with van der Waals surface area (Å²) in [5.74, 6) is 2.74. The second-order valence-electron chi connectivity index (χ2n) is 4.70. The van der Waals surface area contributed by atoms with E-state index in [-0.39, 0.29) is 0 Å². The van der Waals surface area contributed by atoms with Crippen LogP contribution < -0.4 is 0 Å². The molecular weight excluding hydrogens is 156 g/mol. The van der Waals surface area contributed by atoms with E-state index in [4.69, 9.17) is 6.42 Å². The van der Waals surface area contributed by atoms with E-state index in [2.05, 4.69) is 26.7 Å². The molecule has 0 unspecified atom stereocenters. The van der Waals surface area contributed by atoms with Crippen LogP contribution in [0.3, 0.4) is 0 Å². The van der Waals surface area contributed by atoms with Gasteiger partial charge in [-0.15, -0.1) is 12.3 Å². The summed E-state index contributed by atoms with van der Waals surface area (Å²) in [5, 5.41) is 0. The summed E-state index contributed by atoms with van der Waals surface area (Å²) in [7, 11) is 0. The highest BCUT2D eigenvalue weighted by Gasteiger charge is 2.27. The predicted molar refractivity (Wildman–Crippen MR) is 58.4 cm³/mol. The van der Waals surface area contributed by atoms with Crippen molar-refractivity contribution in [2.45, 2.75) is 52.9 Å². The molecule has 0 heteroatoms. The van der Waals surface area contributed by atoms with E-state index in [0.29, 0.717) is 5.41 Å². The first-order valence-electron chi connectivity index (χ1n) is 5.20. The normalized spacial score (nSPS) is 21.4. The molecule has 0 nitrogen and oxygen atoms in total. The van der Waals surface area contributed by atoms with Crippen LogP contribution in [-0.2, 0) is 0 Å². The molecule has 0 saturated heterocycles. The lowest BCUT2D eigenvalue weighted by Gasteiger charge is -2.34. The van der Waals surface area contributed by atoms with Crippen LogP contribution >= 0.6 is 0 Å². The lowest BCUT2D eigenvalue weighted by Crippen LogP contribution is -2.20. The third-order valence-corrected chi connectivity index (χ3v) is 3.20. The van der Waals surface area contributed by atoms with Crippen molar-refractivity contribution in [1.29, 1.82) is 0 Å². The average Bonchev–Trinajstić information content (AvgIpc) is 2.02. The molecule has 0 atom stereocenters. The van der Waals surface area contributed by atoms with Crippen molar-refractivity contribution < 1.29 is 0 Å². The molecule has 0 saturated carbocycles. The van der Waals surface area contributed by atoms with Gasteiger partial charge in [-0.2, -0.15) is 0 Å². The molecule has 0 aromatic rings. The van der Waals surface area contributed by atoms with Crippen LogP contribution in [-0.4, -0.2) is 0 Å². The van der Waals surface area contributed by atoms with Crippen molar-refractivity contribution in [3.8, 4) is 12.3 Å². The van der Waals surface area contributed by atoms with E-state index < -0.39 is 0 Å². The largest absolute Gasteiger partial charge is 0.120 e. The standard InChI is InChI=1S/C13H20/c1-5-6-9-12-11(2)8-7-10-13(12,3)4/h1H,6-10H2,2-4H3. The maximum Gasteiger partial charge on any atom is 0.0124 e. The first-order chi connectivity index (χ1) is 6.08. The van der Waals surface area contributed by atoms with Gasteiger partial charge < -0.3 is 0 Å². The van der Waals surface area contributed by atoms with Gasteiger partial charge in [0.15, 0.2) is 0 Å². The van der Waals surface area contributed by atoms with Gasteiger partial charge in [0.2, 0.25) is 0 Å². The quantitative estimate of drug-likeness (QED) is 0.442. The molecule has 1 aliphatic carbocycles. The number of allylic oxidation sites excluding steroid dienone is 2. The highest BCUT2D eigenvalue weighted by atomic mass is 14.3. The molecular formula is C13H20. The van der Waals surface area contributed by atoms with E-state index in [1.807, 2.05) is 0 Å². The Morgan fingerprint density at radius 2 is 2.15 bits per heavy atom. The number of rotatable bonds is 2. The molecule has 0 radical (unpaired) electrons. The molecule has 1 aliphatic rings. The van der Waals surface area contributed by atoms with Crippen LogP contribution in [0.1, 0.15) is 52.9 Å². The van der Waals surface area contributed by atoms with Gasteiger partial charge >= 0.3 is 0 Å². The molecule has 0 bridgehead atoms. The number of hydrogen-bond donors (Lipinski definition) is 0. The smallest absolute Gasteiger partial charge is 0.0124 e. The van der Waals surface area contributed by atoms with Crippen molar-refractivity contribution in [3.05, 3.63) is 11.1 Å². The van der Waals surface area contributed by atoms with Crippen LogP contribution in [0.5, 0.6) is 0 Å². The molecule has 0 aromatic heterocycles. The third-order valence-electron chi connectivity index (χ3n) is 3.20. The summed E-state index contributed by atoms with van der Waals surface area (Å²) in [6.45, 7) is 6.97. The minimum absolute atomic E-state index is 0.402. The van der Waals surface area contributed by atoms with Crippen molar-refractivity contribution >= 4 is 0 Å². The Labute approximate surface area is 82.4 Å². The van der Waals surface area contributed by atoms with Crippen LogP contribution in [0.2, 0.25) is 0 Å². The third kappa shape index (κ3) is 2.37. The molecule has 0 N–H and O–H groups in total. The number of terminal acetylenes is 1. The Hall–Kier alpha value is -0.700. The fourth-order valence-corrected chi connectivity index (χ4v) is 2.42. The summed E-state index contributed by atoms with van der Waals surface area (Å²) in [6.07, 6.45) is 11.3. The zero-order valence-corrected chi connectivity index (χ0v) is 9.11. The number of hydrogen-bond acceptors (Lipinski definition) is 0. The first-order valence-corrected chi connectivity index (χ1v) is 5.20. The van der Waals surface area contributed by atoms with Gasteiger partial charge in [-0.25, -0.2) is 0 Å². The summed E-state index contributed by atoms with van der Waals surface area (Å²) in [6, 6.07) is 0. The van der Waals surface area contributed by atoms with Gasteiger partial charge in [0, 0.05) is 6.42 Å². The van der Waals surface area contributed by atoms with E-state index in [1.54, 1.807) is 11.1 Å². The Kier molecular flexibility index (Phi) is 3.20. The monoisotopic (exact) mass is 176 g/mol. The van der Waals surface area contributed by atoms with E-state index in [9.17, 15) is 0 Å².